The zero-order valence-corrected chi connectivity index (χ0v) is 18.5. The molecule has 2 aromatic rings. The van der Waals surface area contributed by atoms with E-state index in [1.54, 1.807) is 61.5 Å². The van der Waals surface area contributed by atoms with Crippen molar-refractivity contribution < 1.29 is 22.8 Å². The lowest BCUT2D eigenvalue weighted by molar-refractivity contribution is -0.134. The van der Waals surface area contributed by atoms with Crippen LogP contribution in [0.2, 0.25) is 0 Å². The van der Waals surface area contributed by atoms with E-state index in [1.165, 1.54) is 4.90 Å². The van der Waals surface area contributed by atoms with Gasteiger partial charge in [0.1, 0.15) is 12.1 Å². The molecular formula is C23H25N3O5S. The second-order valence-corrected chi connectivity index (χ2v) is 10.3. The minimum atomic E-state index is -3.24. The van der Waals surface area contributed by atoms with Gasteiger partial charge in [-0.2, -0.15) is 0 Å². The van der Waals surface area contributed by atoms with Crippen molar-refractivity contribution in [1.82, 2.24) is 10.2 Å². The minimum Gasteiger partial charge on any atom is -0.319 e. The Balaban J connectivity index is 1.62. The largest absolute Gasteiger partial charge is 0.325 e. The molecule has 32 heavy (non-hydrogen) atoms. The Labute approximate surface area is 187 Å². The first-order valence-corrected chi connectivity index (χ1v) is 12.4. The monoisotopic (exact) mass is 455 g/mol. The topological polar surface area (TPSA) is 104 Å². The van der Waals surface area contributed by atoms with E-state index in [1.807, 2.05) is 6.07 Å². The summed E-state index contributed by atoms with van der Waals surface area (Å²) < 4.78 is 24.1. The quantitative estimate of drug-likeness (QED) is 0.672. The number of amides is 4. The summed E-state index contributed by atoms with van der Waals surface area (Å²) >= 11 is 0. The van der Waals surface area contributed by atoms with Gasteiger partial charge in [0, 0.05) is 5.69 Å². The van der Waals surface area contributed by atoms with Crippen LogP contribution in [0.15, 0.2) is 60.7 Å². The van der Waals surface area contributed by atoms with Gasteiger partial charge in [-0.3, -0.25) is 14.5 Å². The van der Waals surface area contributed by atoms with Gasteiger partial charge in [0.25, 0.3) is 5.91 Å². The number of urea groups is 1. The molecule has 1 N–H and O–H groups in total. The predicted molar refractivity (Wildman–Crippen MR) is 120 cm³/mol. The number of rotatable bonds is 6. The Bertz CT molecular complexity index is 1140. The molecule has 8 nitrogen and oxygen atoms in total. The van der Waals surface area contributed by atoms with Gasteiger partial charge in [0.2, 0.25) is 5.91 Å². The van der Waals surface area contributed by atoms with Crippen LogP contribution in [0.5, 0.6) is 0 Å². The minimum absolute atomic E-state index is 0.00433. The van der Waals surface area contributed by atoms with E-state index in [2.05, 4.69) is 5.32 Å². The Kier molecular flexibility index (Phi) is 5.77. The van der Waals surface area contributed by atoms with E-state index >= 15 is 0 Å². The molecule has 0 spiro atoms. The highest BCUT2D eigenvalue weighted by Crippen LogP contribution is 2.33. The summed E-state index contributed by atoms with van der Waals surface area (Å²) in [5, 5.41) is 2.77. The van der Waals surface area contributed by atoms with E-state index in [9.17, 15) is 22.8 Å². The Morgan fingerprint density at radius 3 is 2.28 bits per heavy atom. The molecule has 2 heterocycles. The molecule has 2 saturated heterocycles. The molecule has 0 bridgehead atoms. The zero-order valence-electron chi connectivity index (χ0n) is 17.7. The van der Waals surface area contributed by atoms with Crippen molar-refractivity contribution in [3.8, 4) is 0 Å². The highest BCUT2D eigenvalue weighted by atomic mass is 32.2. The number of nitrogens with one attached hydrogen (secondary N) is 1. The number of imide groups is 1. The molecular weight excluding hydrogens is 430 g/mol. The Hall–Kier alpha value is -3.20. The van der Waals surface area contributed by atoms with Crippen molar-refractivity contribution in [2.24, 2.45) is 0 Å². The third-order valence-corrected chi connectivity index (χ3v) is 7.89. The Morgan fingerprint density at radius 2 is 1.72 bits per heavy atom. The van der Waals surface area contributed by atoms with Crippen LogP contribution in [0.25, 0.3) is 0 Å². The van der Waals surface area contributed by atoms with Gasteiger partial charge in [-0.25, -0.2) is 13.2 Å². The summed E-state index contributed by atoms with van der Waals surface area (Å²) in [5.74, 6) is -1.13. The maximum absolute atomic E-state index is 13.4. The summed E-state index contributed by atoms with van der Waals surface area (Å²) in [5.41, 5.74) is -0.0403. The van der Waals surface area contributed by atoms with Crippen molar-refractivity contribution in [3.05, 3.63) is 66.2 Å². The summed E-state index contributed by atoms with van der Waals surface area (Å²) in [6, 6.07) is 16.5. The van der Waals surface area contributed by atoms with Crippen molar-refractivity contribution in [3.63, 3.8) is 0 Å². The molecule has 0 radical (unpaired) electrons. The molecule has 2 aliphatic heterocycles. The van der Waals surface area contributed by atoms with Crippen LogP contribution in [-0.2, 0) is 25.0 Å². The van der Waals surface area contributed by atoms with Crippen molar-refractivity contribution in [2.45, 2.75) is 31.3 Å². The van der Waals surface area contributed by atoms with Gasteiger partial charge in [-0.1, -0.05) is 55.5 Å². The third-order valence-electron chi connectivity index (χ3n) is 6.14. The number of benzene rings is 2. The number of hydrogen-bond acceptors (Lipinski definition) is 5. The third kappa shape index (κ3) is 3.88. The van der Waals surface area contributed by atoms with Gasteiger partial charge in [-0.05, 0) is 30.5 Å². The summed E-state index contributed by atoms with van der Waals surface area (Å²) in [6.45, 7) is 1.33. The molecule has 2 aliphatic rings. The molecule has 2 fully saturated rings. The lowest BCUT2D eigenvalue weighted by Crippen LogP contribution is -2.49. The smallest absolute Gasteiger partial charge is 0.319 e. The van der Waals surface area contributed by atoms with Crippen LogP contribution in [0.3, 0.4) is 0 Å². The van der Waals surface area contributed by atoms with Crippen molar-refractivity contribution in [1.29, 1.82) is 0 Å². The van der Waals surface area contributed by atoms with Crippen LogP contribution in [0.1, 0.15) is 25.3 Å². The molecule has 9 heteroatoms. The maximum atomic E-state index is 13.4. The van der Waals surface area contributed by atoms with E-state index in [0.717, 1.165) is 4.90 Å². The van der Waals surface area contributed by atoms with Crippen molar-refractivity contribution >= 4 is 33.4 Å². The molecule has 2 aromatic carbocycles. The van der Waals surface area contributed by atoms with Crippen molar-refractivity contribution in [2.75, 3.05) is 23.0 Å². The van der Waals surface area contributed by atoms with Crippen LogP contribution in [0.4, 0.5) is 10.5 Å². The first-order valence-electron chi connectivity index (χ1n) is 10.5. The molecule has 0 aromatic heterocycles. The standard InChI is InChI=1S/C23H25N3O5S/c1-2-23(17-9-5-3-6-10-17)21(28)25(22(29)24-23)15-20(27)26(18-11-7-4-8-12-18)19-13-14-32(30,31)16-19/h3-12,19H,2,13-16H2,1H3,(H,24,29)/t19-,23+/m1/s1. The fourth-order valence-electron chi connectivity index (χ4n) is 4.47. The first kappa shape index (κ1) is 22.0. The molecule has 2 atom stereocenters. The van der Waals surface area contributed by atoms with Crippen LogP contribution >= 0.6 is 0 Å². The van der Waals surface area contributed by atoms with Gasteiger partial charge < -0.3 is 10.2 Å². The first-order chi connectivity index (χ1) is 15.3. The lowest BCUT2D eigenvalue weighted by Gasteiger charge is -2.30. The predicted octanol–water partition coefficient (Wildman–Crippen LogP) is 2.06. The van der Waals surface area contributed by atoms with E-state index in [0.29, 0.717) is 24.1 Å². The SMILES string of the molecule is CC[C@@]1(c2ccccc2)NC(=O)N(CC(=O)N(c2ccccc2)[C@@H]2CCS(=O)(=O)C2)C1=O. The van der Waals surface area contributed by atoms with E-state index < -0.39 is 45.8 Å². The fraction of sp³-hybridized carbons (Fsp3) is 0.348. The molecule has 0 unspecified atom stereocenters. The second-order valence-electron chi connectivity index (χ2n) is 8.10. The van der Waals surface area contributed by atoms with Gasteiger partial charge >= 0.3 is 6.03 Å². The second kappa shape index (κ2) is 8.38. The number of nitrogens with zero attached hydrogens (tertiary/aromatic N) is 2. The number of carbonyl (C=O) groups is 3. The average Bonchev–Trinajstić information content (AvgIpc) is 3.26. The van der Waals surface area contributed by atoms with Crippen LogP contribution < -0.4 is 10.2 Å². The Morgan fingerprint density at radius 1 is 1.09 bits per heavy atom. The summed E-state index contributed by atoms with van der Waals surface area (Å²) in [7, 11) is -3.24. The molecule has 4 rings (SSSR count). The summed E-state index contributed by atoms with van der Waals surface area (Å²) in [4.78, 5) is 41.9. The van der Waals surface area contributed by atoms with Gasteiger partial charge in [0.15, 0.2) is 9.84 Å². The summed E-state index contributed by atoms with van der Waals surface area (Å²) in [6.07, 6.45) is 0.640. The number of carbonyl (C=O) groups excluding carboxylic acids is 3. The molecule has 168 valence electrons. The molecule has 0 aliphatic carbocycles. The number of hydrogen-bond donors (Lipinski definition) is 1. The normalized spacial score (nSPS) is 24.4. The highest BCUT2D eigenvalue weighted by Gasteiger charge is 2.52. The van der Waals surface area contributed by atoms with Crippen LogP contribution in [0, 0.1) is 0 Å². The average molecular weight is 456 g/mol. The number of para-hydroxylation sites is 1. The maximum Gasteiger partial charge on any atom is 0.325 e. The van der Waals surface area contributed by atoms with E-state index in [4.69, 9.17) is 0 Å². The lowest BCUT2D eigenvalue weighted by atomic mass is 9.87. The number of anilines is 1. The van der Waals surface area contributed by atoms with Crippen LogP contribution in [-0.4, -0.2) is 55.3 Å². The zero-order chi connectivity index (χ0) is 22.9. The molecule has 0 saturated carbocycles. The van der Waals surface area contributed by atoms with Gasteiger partial charge in [0.05, 0.1) is 17.5 Å². The molecule has 4 amide bonds. The number of sulfone groups is 1. The van der Waals surface area contributed by atoms with Gasteiger partial charge in [-0.15, -0.1) is 0 Å². The fourth-order valence-corrected chi connectivity index (χ4v) is 6.17. The van der Waals surface area contributed by atoms with E-state index in [-0.39, 0.29) is 11.5 Å². The highest BCUT2D eigenvalue weighted by molar-refractivity contribution is 7.91.